The Balaban J connectivity index is 2.24. The molecule has 86 valence electrons. The highest BCUT2D eigenvalue weighted by molar-refractivity contribution is 5.79. The number of rotatable bonds is 3. The lowest BCUT2D eigenvalue weighted by molar-refractivity contribution is 0.0276. The first-order valence-electron chi connectivity index (χ1n) is 5.30. The van der Waals surface area contributed by atoms with Gasteiger partial charge in [0.2, 0.25) is 0 Å². The molecule has 1 N–H and O–H groups in total. The van der Waals surface area contributed by atoms with E-state index in [1.165, 1.54) is 0 Å². The smallest absolute Gasteiger partial charge is 0.153 e. The van der Waals surface area contributed by atoms with Gasteiger partial charge in [-0.3, -0.25) is 4.79 Å². The van der Waals surface area contributed by atoms with Crippen LogP contribution in [0, 0.1) is 0 Å². The molecule has 1 heterocycles. The Bertz CT molecular complexity index is 373. The van der Waals surface area contributed by atoms with Crippen LogP contribution in [0.4, 0.5) is 0 Å². The summed E-state index contributed by atoms with van der Waals surface area (Å²) in [5.41, 5.74) is 1.60. The zero-order chi connectivity index (χ0) is 11.4. The molecule has 1 aliphatic rings. The Kier molecular flexibility index (Phi) is 3.54. The van der Waals surface area contributed by atoms with Crippen molar-refractivity contribution in [2.45, 2.75) is 6.10 Å². The van der Waals surface area contributed by atoms with E-state index in [1.54, 1.807) is 13.2 Å². The van der Waals surface area contributed by atoms with Crippen LogP contribution >= 0.6 is 0 Å². The molecule has 0 amide bonds. The number of aldehydes is 1. The number of ether oxygens (including phenoxy) is 2. The van der Waals surface area contributed by atoms with Crippen LogP contribution in [0.15, 0.2) is 18.2 Å². The van der Waals surface area contributed by atoms with Crippen LogP contribution in [0.1, 0.15) is 22.0 Å². The van der Waals surface area contributed by atoms with Gasteiger partial charge >= 0.3 is 0 Å². The van der Waals surface area contributed by atoms with Crippen molar-refractivity contribution in [2.24, 2.45) is 0 Å². The second-order valence-electron chi connectivity index (χ2n) is 3.68. The molecule has 0 bridgehead atoms. The summed E-state index contributed by atoms with van der Waals surface area (Å²) in [6.45, 7) is 2.39. The van der Waals surface area contributed by atoms with Crippen LogP contribution in [0.3, 0.4) is 0 Å². The molecule has 1 unspecified atom stereocenters. The lowest BCUT2D eigenvalue weighted by Gasteiger charge is -2.24. The van der Waals surface area contributed by atoms with Gasteiger partial charge in [-0.15, -0.1) is 0 Å². The van der Waals surface area contributed by atoms with Gasteiger partial charge in [-0.2, -0.15) is 0 Å². The van der Waals surface area contributed by atoms with Crippen LogP contribution in [0.25, 0.3) is 0 Å². The number of nitrogens with one attached hydrogen (secondary N) is 1. The van der Waals surface area contributed by atoms with E-state index < -0.39 is 0 Å². The topological polar surface area (TPSA) is 47.6 Å². The van der Waals surface area contributed by atoms with E-state index >= 15 is 0 Å². The minimum atomic E-state index is 0.0448. The zero-order valence-corrected chi connectivity index (χ0v) is 9.23. The number of methoxy groups -OCH3 is 1. The van der Waals surface area contributed by atoms with E-state index in [0.29, 0.717) is 17.9 Å². The summed E-state index contributed by atoms with van der Waals surface area (Å²) >= 11 is 0. The molecule has 0 aromatic heterocycles. The number of benzene rings is 1. The van der Waals surface area contributed by atoms with Crippen LogP contribution in [-0.2, 0) is 4.74 Å². The third kappa shape index (κ3) is 2.23. The van der Waals surface area contributed by atoms with E-state index in [0.717, 1.165) is 24.9 Å². The Labute approximate surface area is 94.6 Å². The standard InChI is InChI=1S/C12H15NO3/c1-15-11-6-9(2-3-10(11)8-14)12-7-13-4-5-16-12/h2-3,6,8,12-13H,4-5,7H2,1H3. The van der Waals surface area contributed by atoms with E-state index in [9.17, 15) is 4.79 Å². The fraction of sp³-hybridized carbons (Fsp3) is 0.417. The first-order valence-corrected chi connectivity index (χ1v) is 5.30. The maximum atomic E-state index is 10.8. The van der Waals surface area contributed by atoms with Gasteiger partial charge in [0, 0.05) is 13.1 Å². The lowest BCUT2D eigenvalue weighted by Crippen LogP contribution is -2.33. The molecule has 1 aromatic carbocycles. The first kappa shape index (κ1) is 11.1. The maximum Gasteiger partial charge on any atom is 0.153 e. The van der Waals surface area contributed by atoms with Gasteiger partial charge in [-0.1, -0.05) is 6.07 Å². The first-order chi connectivity index (χ1) is 7.85. The van der Waals surface area contributed by atoms with Crippen molar-refractivity contribution in [1.29, 1.82) is 0 Å². The average molecular weight is 221 g/mol. The van der Waals surface area contributed by atoms with E-state index in [2.05, 4.69) is 5.32 Å². The minimum Gasteiger partial charge on any atom is -0.496 e. The summed E-state index contributed by atoms with van der Waals surface area (Å²) in [6.07, 6.45) is 0.839. The van der Waals surface area contributed by atoms with Crippen molar-refractivity contribution in [3.05, 3.63) is 29.3 Å². The number of hydrogen-bond acceptors (Lipinski definition) is 4. The van der Waals surface area contributed by atoms with Crippen molar-refractivity contribution < 1.29 is 14.3 Å². The Hall–Kier alpha value is -1.39. The van der Waals surface area contributed by atoms with E-state index in [-0.39, 0.29) is 6.10 Å². The second kappa shape index (κ2) is 5.09. The van der Waals surface area contributed by atoms with Gasteiger partial charge in [-0.05, 0) is 17.7 Å². The van der Waals surface area contributed by atoms with Crippen molar-refractivity contribution in [3.63, 3.8) is 0 Å². The average Bonchev–Trinajstić information content (AvgIpc) is 2.39. The normalized spacial score (nSPS) is 20.4. The molecule has 1 atom stereocenters. The molecule has 0 aliphatic carbocycles. The Morgan fingerprint density at radius 3 is 3.06 bits per heavy atom. The molecule has 16 heavy (non-hydrogen) atoms. The van der Waals surface area contributed by atoms with E-state index in [4.69, 9.17) is 9.47 Å². The van der Waals surface area contributed by atoms with Crippen LogP contribution in [0.5, 0.6) is 5.75 Å². The van der Waals surface area contributed by atoms with Crippen molar-refractivity contribution in [2.75, 3.05) is 26.8 Å². The van der Waals surface area contributed by atoms with Crippen molar-refractivity contribution in [3.8, 4) is 5.75 Å². The molecule has 2 rings (SSSR count). The van der Waals surface area contributed by atoms with Gasteiger partial charge in [-0.25, -0.2) is 0 Å². The molecule has 1 fully saturated rings. The molecule has 1 saturated heterocycles. The Morgan fingerprint density at radius 1 is 1.56 bits per heavy atom. The van der Waals surface area contributed by atoms with Gasteiger partial charge in [0.05, 0.1) is 25.4 Å². The van der Waals surface area contributed by atoms with Crippen LogP contribution in [-0.4, -0.2) is 33.1 Å². The number of carbonyl (C=O) groups excluding carboxylic acids is 1. The van der Waals surface area contributed by atoms with Crippen LogP contribution in [0.2, 0.25) is 0 Å². The third-order valence-corrected chi connectivity index (χ3v) is 2.68. The summed E-state index contributed by atoms with van der Waals surface area (Å²) in [6, 6.07) is 5.53. The lowest BCUT2D eigenvalue weighted by atomic mass is 10.1. The van der Waals surface area contributed by atoms with E-state index in [1.807, 2.05) is 12.1 Å². The fourth-order valence-electron chi connectivity index (χ4n) is 1.80. The van der Waals surface area contributed by atoms with Crippen molar-refractivity contribution in [1.82, 2.24) is 5.32 Å². The zero-order valence-electron chi connectivity index (χ0n) is 9.23. The second-order valence-corrected chi connectivity index (χ2v) is 3.68. The summed E-state index contributed by atoms with van der Waals surface area (Å²) in [4.78, 5) is 10.8. The monoisotopic (exact) mass is 221 g/mol. The molecule has 1 aromatic rings. The van der Waals surface area contributed by atoms with Gasteiger partial charge in [0.15, 0.2) is 6.29 Å². The molecule has 4 nitrogen and oxygen atoms in total. The highest BCUT2D eigenvalue weighted by Crippen LogP contribution is 2.25. The van der Waals surface area contributed by atoms with Gasteiger partial charge < -0.3 is 14.8 Å². The fourth-order valence-corrected chi connectivity index (χ4v) is 1.80. The van der Waals surface area contributed by atoms with Gasteiger partial charge in [0.25, 0.3) is 0 Å². The highest BCUT2D eigenvalue weighted by atomic mass is 16.5. The minimum absolute atomic E-state index is 0.0448. The summed E-state index contributed by atoms with van der Waals surface area (Å²) < 4.78 is 10.8. The maximum absolute atomic E-state index is 10.8. The SMILES string of the molecule is COc1cc(C2CNCCO2)ccc1C=O. The molecule has 0 spiro atoms. The highest BCUT2D eigenvalue weighted by Gasteiger charge is 2.16. The number of hydrogen-bond donors (Lipinski definition) is 1. The molecule has 0 saturated carbocycles. The largest absolute Gasteiger partial charge is 0.496 e. The quantitative estimate of drug-likeness (QED) is 0.778. The number of carbonyl (C=O) groups is 1. The predicted molar refractivity (Wildman–Crippen MR) is 59.9 cm³/mol. The van der Waals surface area contributed by atoms with Crippen LogP contribution < -0.4 is 10.1 Å². The Morgan fingerprint density at radius 2 is 2.44 bits per heavy atom. The molecular formula is C12H15NO3. The summed E-state index contributed by atoms with van der Waals surface area (Å²) in [7, 11) is 1.56. The molecular weight excluding hydrogens is 206 g/mol. The molecule has 1 aliphatic heterocycles. The summed E-state index contributed by atoms with van der Waals surface area (Å²) in [5, 5.41) is 3.26. The third-order valence-electron chi connectivity index (χ3n) is 2.68. The predicted octanol–water partition coefficient (Wildman–Crippen LogP) is 1.17. The van der Waals surface area contributed by atoms with Gasteiger partial charge in [0.1, 0.15) is 5.75 Å². The molecule has 4 heteroatoms. The molecule has 0 radical (unpaired) electrons. The summed E-state index contributed by atoms with van der Waals surface area (Å²) in [5.74, 6) is 0.599. The number of morpholine rings is 1. The van der Waals surface area contributed by atoms with Crippen molar-refractivity contribution >= 4 is 6.29 Å².